The van der Waals surface area contributed by atoms with Crippen LogP contribution in [-0.2, 0) is 6.18 Å². The number of guanidine groups is 1. The van der Waals surface area contributed by atoms with Gasteiger partial charge in [0, 0.05) is 5.92 Å². The summed E-state index contributed by atoms with van der Waals surface area (Å²) in [6.45, 7) is 4.04. The second-order valence-corrected chi connectivity index (χ2v) is 8.12. The zero-order chi connectivity index (χ0) is 20.1. The first-order chi connectivity index (χ1) is 13.2. The summed E-state index contributed by atoms with van der Waals surface area (Å²) >= 11 is 0. The first-order valence-electron chi connectivity index (χ1n) is 9.72. The van der Waals surface area contributed by atoms with Crippen molar-refractivity contribution < 1.29 is 13.2 Å². The van der Waals surface area contributed by atoms with Gasteiger partial charge in [0.2, 0.25) is 0 Å². The Kier molecular flexibility index (Phi) is 4.60. The summed E-state index contributed by atoms with van der Waals surface area (Å²) in [5.41, 5.74) is 5.72. The van der Waals surface area contributed by atoms with Gasteiger partial charge in [-0.25, -0.2) is 15.0 Å². The van der Waals surface area contributed by atoms with E-state index in [4.69, 9.17) is 5.73 Å². The maximum Gasteiger partial charge on any atom is 0.433 e. The van der Waals surface area contributed by atoms with Gasteiger partial charge >= 0.3 is 6.18 Å². The maximum atomic E-state index is 13.1. The molecule has 4 N–H and O–H groups in total. The maximum absolute atomic E-state index is 13.1. The number of hydrogen-bond donors (Lipinski definition) is 3. The van der Waals surface area contributed by atoms with Gasteiger partial charge in [-0.2, -0.15) is 13.2 Å². The molecule has 3 aliphatic rings. The Morgan fingerprint density at radius 1 is 1.18 bits per heavy atom. The molecule has 1 aromatic heterocycles. The van der Waals surface area contributed by atoms with Crippen molar-refractivity contribution in [2.24, 2.45) is 33.5 Å². The molecule has 9 heteroatoms. The van der Waals surface area contributed by atoms with Crippen molar-refractivity contribution in [2.45, 2.75) is 57.5 Å². The lowest BCUT2D eigenvalue weighted by atomic mass is 9.97. The van der Waals surface area contributed by atoms with Crippen LogP contribution in [0.1, 0.15) is 50.9 Å². The molecule has 0 bridgehead atoms. The molecule has 0 spiro atoms. The number of halogens is 3. The van der Waals surface area contributed by atoms with Crippen molar-refractivity contribution in [1.82, 2.24) is 15.6 Å². The molecule has 0 radical (unpaired) electrons. The van der Waals surface area contributed by atoms with E-state index in [-0.39, 0.29) is 23.5 Å². The van der Waals surface area contributed by atoms with Crippen LogP contribution in [0.15, 0.2) is 28.2 Å². The monoisotopic (exact) mass is 394 g/mol. The minimum absolute atomic E-state index is 0.0110. The molecule has 3 atom stereocenters. The standard InChI is InChI=1S/C19H25F3N6/c1-10(12-6-7-12)19(23)27-16(14-4-3-5-15(25-14)18(20,21)22)26-17(28-19)24-11(2)13-8-9-13/h3-5,10-13H,6-9,23H2,1-2H3,(H2,24,26,27,28)/t10-,11-,19?/m0/s1. The average Bonchev–Trinajstić information content (AvgIpc) is 3.53. The largest absolute Gasteiger partial charge is 0.433 e. The fraction of sp³-hybridized carbons (Fsp3) is 0.632. The highest BCUT2D eigenvalue weighted by Gasteiger charge is 2.45. The first-order valence-corrected chi connectivity index (χ1v) is 9.72. The van der Waals surface area contributed by atoms with Crippen LogP contribution >= 0.6 is 0 Å². The Bertz CT molecular complexity index is 812. The van der Waals surface area contributed by atoms with Crippen molar-refractivity contribution in [3.63, 3.8) is 0 Å². The summed E-state index contributed by atoms with van der Waals surface area (Å²) in [7, 11) is 0. The number of rotatable bonds is 5. The van der Waals surface area contributed by atoms with Crippen LogP contribution < -0.4 is 16.4 Å². The molecule has 6 nitrogen and oxygen atoms in total. The van der Waals surface area contributed by atoms with Gasteiger partial charge in [0.25, 0.3) is 0 Å². The molecule has 4 rings (SSSR count). The van der Waals surface area contributed by atoms with E-state index in [1.54, 1.807) is 0 Å². The van der Waals surface area contributed by atoms with Crippen LogP contribution in [0, 0.1) is 17.8 Å². The van der Waals surface area contributed by atoms with Gasteiger partial charge in [-0.3, -0.25) is 5.73 Å². The predicted molar refractivity (Wildman–Crippen MR) is 100 cm³/mol. The summed E-state index contributed by atoms with van der Waals surface area (Å²) in [6, 6.07) is 3.86. The smallest absolute Gasteiger partial charge is 0.319 e. The number of aromatic nitrogens is 1. The summed E-state index contributed by atoms with van der Waals surface area (Å²) in [6.07, 6.45) is -0.0949. The molecule has 0 aromatic carbocycles. The highest BCUT2D eigenvalue weighted by Crippen LogP contribution is 2.41. The molecule has 2 saturated carbocycles. The molecular weight excluding hydrogens is 369 g/mol. The van der Waals surface area contributed by atoms with Gasteiger partial charge in [0.15, 0.2) is 17.6 Å². The minimum atomic E-state index is -4.53. The lowest BCUT2D eigenvalue weighted by Crippen LogP contribution is -2.67. The van der Waals surface area contributed by atoms with E-state index in [1.807, 2.05) is 13.8 Å². The van der Waals surface area contributed by atoms with Crippen LogP contribution in [0.5, 0.6) is 0 Å². The van der Waals surface area contributed by atoms with Crippen molar-refractivity contribution >= 4 is 11.8 Å². The third-order valence-electron chi connectivity index (χ3n) is 5.79. The van der Waals surface area contributed by atoms with E-state index < -0.39 is 17.7 Å². The highest BCUT2D eigenvalue weighted by atomic mass is 19.4. The van der Waals surface area contributed by atoms with Crippen molar-refractivity contribution in [2.75, 3.05) is 0 Å². The molecular formula is C19H25F3N6. The molecule has 0 amide bonds. The van der Waals surface area contributed by atoms with E-state index in [1.165, 1.54) is 12.1 Å². The first kappa shape index (κ1) is 19.2. The Balaban J connectivity index is 1.70. The Morgan fingerprint density at radius 3 is 2.46 bits per heavy atom. The van der Waals surface area contributed by atoms with Crippen molar-refractivity contribution in [3.05, 3.63) is 29.6 Å². The predicted octanol–water partition coefficient (Wildman–Crippen LogP) is 2.85. The molecule has 2 heterocycles. The Morgan fingerprint density at radius 2 is 1.86 bits per heavy atom. The van der Waals surface area contributed by atoms with Gasteiger partial charge < -0.3 is 10.6 Å². The number of pyridine rings is 1. The minimum Gasteiger partial charge on any atom is -0.319 e. The summed E-state index contributed by atoms with van der Waals surface area (Å²) in [5.74, 6) is 0.507. The lowest BCUT2D eigenvalue weighted by molar-refractivity contribution is -0.141. The number of nitrogens with zero attached hydrogens (tertiary/aromatic N) is 3. The molecule has 28 heavy (non-hydrogen) atoms. The second kappa shape index (κ2) is 6.72. The Hall–Kier alpha value is -2.16. The quantitative estimate of drug-likeness (QED) is 0.717. The fourth-order valence-electron chi connectivity index (χ4n) is 3.54. The van der Waals surface area contributed by atoms with E-state index >= 15 is 0 Å². The molecule has 1 aliphatic heterocycles. The van der Waals surface area contributed by atoms with Gasteiger partial charge in [-0.05, 0) is 56.6 Å². The van der Waals surface area contributed by atoms with Crippen LogP contribution in [-0.4, -0.2) is 28.6 Å². The Labute approximate surface area is 161 Å². The number of amidine groups is 1. The molecule has 0 saturated heterocycles. The van der Waals surface area contributed by atoms with Crippen molar-refractivity contribution in [3.8, 4) is 0 Å². The van der Waals surface area contributed by atoms with Gasteiger partial charge in [0.1, 0.15) is 11.4 Å². The third kappa shape index (κ3) is 3.99. The molecule has 2 fully saturated rings. The number of nitrogens with one attached hydrogen (secondary N) is 2. The van der Waals surface area contributed by atoms with Crippen LogP contribution in [0.25, 0.3) is 0 Å². The molecule has 1 aromatic rings. The zero-order valence-electron chi connectivity index (χ0n) is 15.9. The lowest BCUT2D eigenvalue weighted by Gasteiger charge is -2.38. The van der Waals surface area contributed by atoms with Crippen LogP contribution in [0.3, 0.4) is 0 Å². The van der Waals surface area contributed by atoms with E-state index in [0.29, 0.717) is 17.8 Å². The van der Waals surface area contributed by atoms with Gasteiger partial charge in [0.05, 0.1) is 6.04 Å². The summed E-state index contributed by atoms with van der Waals surface area (Å²) in [5, 5.41) is 6.20. The second-order valence-electron chi connectivity index (χ2n) is 8.12. The molecule has 152 valence electrons. The van der Waals surface area contributed by atoms with Gasteiger partial charge in [-0.15, -0.1) is 0 Å². The summed E-state index contributed by atoms with van der Waals surface area (Å²) < 4.78 is 39.3. The van der Waals surface area contributed by atoms with E-state index in [0.717, 1.165) is 31.7 Å². The number of hydrogen-bond acceptors (Lipinski definition) is 4. The van der Waals surface area contributed by atoms with E-state index in [2.05, 4.69) is 25.6 Å². The number of aliphatic imine (C=N–C) groups is 2. The highest BCUT2D eigenvalue weighted by molar-refractivity contribution is 6.09. The molecule has 2 aliphatic carbocycles. The number of nitrogens with two attached hydrogens (primary N) is 1. The zero-order valence-corrected chi connectivity index (χ0v) is 15.9. The summed E-state index contributed by atoms with van der Waals surface area (Å²) in [4.78, 5) is 13.0. The number of alkyl halides is 3. The molecule has 1 unspecified atom stereocenters. The van der Waals surface area contributed by atoms with Crippen LogP contribution in [0.4, 0.5) is 13.2 Å². The van der Waals surface area contributed by atoms with Crippen LogP contribution in [0.2, 0.25) is 0 Å². The average molecular weight is 394 g/mol. The van der Waals surface area contributed by atoms with Gasteiger partial charge in [-0.1, -0.05) is 13.0 Å². The topological polar surface area (TPSA) is 87.7 Å². The third-order valence-corrected chi connectivity index (χ3v) is 5.79. The normalized spacial score (nSPS) is 28.9. The van der Waals surface area contributed by atoms with E-state index in [9.17, 15) is 13.2 Å². The SMILES string of the molecule is C[C@H](N=C1NC(c2cccc(C(F)(F)F)n2)=NC(N)([C@@H](C)C2CC2)N1)C1CC1. The van der Waals surface area contributed by atoms with Crippen molar-refractivity contribution in [1.29, 1.82) is 0 Å². The fourth-order valence-corrected chi connectivity index (χ4v) is 3.54.